The summed E-state index contributed by atoms with van der Waals surface area (Å²) in [5.74, 6) is 0.806. The van der Waals surface area contributed by atoms with Crippen LogP contribution >= 0.6 is 23.4 Å². The number of carbonyl (C=O) groups is 1. The second-order valence-corrected chi connectivity index (χ2v) is 9.40. The van der Waals surface area contributed by atoms with Gasteiger partial charge >= 0.3 is 0 Å². The van der Waals surface area contributed by atoms with Crippen LogP contribution in [0.3, 0.4) is 0 Å². The van der Waals surface area contributed by atoms with E-state index in [4.69, 9.17) is 11.6 Å². The van der Waals surface area contributed by atoms with Crippen molar-refractivity contribution in [2.75, 3.05) is 11.1 Å². The van der Waals surface area contributed by atoms with Gasteiger partial charge in [-0.2, -0.15) is 0 Å². The van der Waals surface area contributed by atoms with E-state index in [-0.39, 0.29) is 11.7 Å². The largest absolute Gasteiger partial charge is 0.325 e. The van der Waals surface area contributed by atoms with E-state index in [1.807, 2.05) is 73.9 Å². The smallest absolute Gasteiger partial charge is 0.234 e. The molecule has 1 aromatic heterocycles. The molecule has 0 aliphatic carbocycles. The number of aryl methyl sites for hydroxylation is 4. The number of para-hydroxylation sites is 1. The number of nitrogens with one attached hydrogen (secondary N) is 1. The molecule has 7 heteroatoms. The lowest BCUT2D eigenvalue weighted by Crippen LogP contribution is -2.16. The fourth-order valence-corrected chi connectivity index (χ4v) is 4.71. The van der Waals surface area contributed by atoms with Gasteiger partial charge in [0, 0.05) is 22.0 Å². The lowest BCUT2D eigenvalue weighted by atomic mass is 10.1. The Morgan fingerprint density at radius 3 is 2.30 bits per heavy atom. The Hall–Kier alpha value is -3.09. The molecule has 1 heterocycles. The molecule has 1 N–H and O–H groups in total. The quantitative estimate of drug-likeness (QED) is 0.320. The van der Waals surface area contributed by atoms with E-state index < -0.39 is 0 Å². The van der Waals surface area contributed by atoms with Gasteiger partial charge in [-0.05, 0) is 62.6 Å². The molecule has 0 fully saturated rings. The zero-order chi connectivity index (χ0) is 23.5. The average molecular weight is 477 g/mol. The van der Waals surface area contributed by atoms with Crippen LogP contribution in [0.5, 0.6) is 0 Å². The molecule has 0 atom stereocenters. The molecule has 4 rings (SSSR count). The molecular formula is C26H25ClN4OS. The minimum Gasteiger partial charge on any atom is -0.325 e. The van der Waals surface area contributed by atoms with Crippen molar-refractivity contribution < 1.29 is 4.79 Å². The molecule has 0 unspecified atom stereocenters. The van der Waals surface area contributed by atoms with Gasteiger partial charge in [-0.15, -0.1) is 10.2 Å². The van der Waals surface area contributed by atoms with E-state index in [2.05, 4.69) is 34.6 Å². The van der Waals surface area contributed by atoms with Crippen molar-refractivity contribution in [3.05, 3.63) is 87.9 Å². The van der Waals surface area contributed by atoms with Crippen LogP contribution in [-0.2, 0) is 4.79 Å². The molecule has 0 radical (unpaired) electrons. The van der Waals surface area contributed by atoms with Gasteiger partial charge in [0.25, 0.3) is 0 Å². The average Bonchev–Trinajstić information content (AvgIpc) is 3.21. The second kappa shape index (κ2) is 9.81. The van der Waals surface area contributed by atoms with E-state index in [9.17, 15) is 4.79 Å². The molecule has 5 nitrogen and oxygen atoms in total. The lowest BCUT2D eigenvalue weighted by molar-refractivity contribution is -0.113. The van der Waals surface area contributed by atoms with E-state index >= 15 is 0 Å². The summed E-state index contributed by atoms with van der Waals surface area (Å²) in [5, 5.41) is 13.2. The normalized spacial score (nSPS) is 10.9. The predicted octanol–water partition coefficient (Wildman–Crippen LogP) is 6.55. The first-order valence-electron chi connectivity index (χ1n) is 10.6. The molecule has 0 saturated carbocycles. The van der Waals surface area contributed by atoms with Crippen molar-refractivity contribution >= 4 is 35.0 Å². The van der Waals surface area contributed by atoms with Gasteiger partial charge in [0.2, 0.25) is 5.91 Å². The highest BCUT2D eigenvalue weighted by Crippen LogP contribution is 2.30. The monoisotopic (exact) mass is 476 g/mol. The highest BCUT2D eigenvalue weighted by molar-refractivity contribution is 7.99. The molecule has 3 aromatic carbocycles. The van der Waals surface area contributed by atoms with E-state index in [1.165, 1.54) is 17.3 Å². The Bertz CT molecular complexity index is 1290. The highest BCUT2D eigenvalue weighted by Gasteiger charge is 2.18. The van der Waals surface area contributed by atoms with Crippen LogP contribution in [0.15, 0.2) is 65.8 Å². The predicted molar refractivity (Wildman–Crippen MR) is 137 cm³/mol. The Kier molecular flexibility index (Phi) is 6.86. The molecule has 0 bridgehead atoms. The molecule has 168 valence electrons. The SMILES string of the molecule is Cc1cc(C)c(NC(=O)CSc2nnc(-c3ccc(C)c(Cl)c3)n2-c2ccccc2)c(C)c1. The van der Waals surface area contributed by atoms with E-state index in [1.54, 1.807) is 0 Å². The number of hydrogen-bond acceptors (Lipinski definition) is 4. The maximum Gasteiger partial charge on any atom is 0.234 e. The van der Waals surface area contributed by atoms with E-state index in [0.29, 0.717) is 16.0 Å². The molecule has 4 aromatic rings. The molecule has 0 aliphatic heterocycles. The standard InChI is InChI=1S/C26H25ClN4OS/c1-16-12-18(3)24(19(4)13-16)28-23(32)15-33-26-30-29-25(20-11-10-17(2)22(27)14-20)31(26)21-8-6-5-7-9-21/h5-14H,15H2,1-4H3,(H,28,32). The molecular weight excluding hydrogens is 452 g/mol. The number of halogens is 1. The van der Waals surface area contributed by atoms with Crippen LogP contribution in [0.1, 0.15) is 22.3 Å². The summed E-state index contributed by atoms with van der Waals surface area (Å²) in [5.41, 5.74) is 6.93. The van der Waals surface area contributed by atoms with Gasteiger partial charge in [0.1, 0.15) is 0 Å². The number of aromatic nitrogens is 3. The van der Waals surface area contributed by atoms with Crippen molar-refractivity contribution in [2.45, 2.75) is 32.9 Å². The molecule has 0 aliphatic rings. The summed E-state index contributed by atoms with van der Waals surface area (Å²) in [7, 11) is 0. The third kappa shape index (κ3) is 5.13. The molecule has 33 heavy (non-hydrogen) atoms. The number of benzene rings is 3. The third-order valence-corrected chi connectivity index (χ3v) is 6.69. The lowest BCUT2D eigenvalue weighted by Gasteiger charge is -2.13. The molecule has 0 saturated heterocycles. The van der Waals surface area contributed by atoms with E-state index in [0.717, 1.165) is 33.6 Å². The third-order valence-electron chi connectivity index (χ3n) is 5.35. The summed E-state index contributed by atoms with van der Waals surface area (Å²) in [6.07, 6.45) is 0. The highest BCUT2D eigenvalue weighted by atomic mass is 35.5. The van der Waals surface area contributed by atoms with Gasteiger partial charge in [-0.25, -0.2) is 0 Å². The first-order valence-corrected chi connectivity index (χ1v) is 12.0. The van der Waals surface area contributed by atoms with Crippen LogP contribution in [0.25, 0.3) is 17.1 Å². The summed E-state index contributed by atoms with van der Waals surface area (Å²) in [6, 6.07) is 19.9. The number of amides is 1. The van der Waals surface area contributed by atoms with Crippen molar-refractivity contribution in [2.24, 2.45) is 0 Å². The molecule has 1 amide bonds. The van der Waals surface area contributed by atoms with Gasteiger partial charge in [0.05, 0.1) is 5.75 Å². The number of rotatable bonds is 6. The zero-order valence-corrected chi connectivity index (χ0v) is 20.6. The van der Waals surface area contributed by atoms with Gasteiger partial charge in [-0.3, -0.25) is 9.36 Å². The Labute approximate surface area is 203 Å². The van der Waals surface area contributed by atoms with Crippen molar-refractivity contribution in [1.29, 1.82) is 0 Å². The zero-order valence-electron chi connectivity index (χ0n) is 19.0. The minimum atomic E-state index is -0.0856. The summed E-state index contributed by atoms with van der Waals surface area (Å²) in [6.45, 7) is 8.03. The first kappa shape index (κ1) is 23.1. The summed E-state index contributed by atoms with van der Waals surface area (Å²) >= 11 is 7.72. The number of nitrogens with zero attached hydrogens (tertiary/aromatic N) is 3. The number of thioether (sulfide) groups is 1. The van der Waals surface area contributed by atoms with Crippen molar-refractivity contribution in [1.82, 2.24) is 14.8 Å². The maximum atomic E-state index is 12.8. The van der Waals surface area contributed by atoms with Crippen LogP contribution in [-0.4, -0.2) is 26.4 Å². The Balaban J connectivity index is 1.61. The van der Waals surface area contributed by atoms with Gasteiger partial charge in [-0.1, -0.05) is 71.4 Å². The molecule has 0 spiro atoms. The number of carbonyl (C=O) groups excluding carboxylic acids is 1. The van der Waals surface area contributed by atoms with Gasteiger partial charge in [0.15, 0.2) is 11.0 Å². The van der Waals surface area contributed by atoms with Crippen molar-refractivity contribution in [3.8, 4) is 17.1 Å². The summed E-state index contributed by atoms with van der Waals surface area (Å²) < 4.78 is 1.96. The van der Waals surface area contributed by atoms with Crippen molar-refractivity contribution in [3.63, 3.8) is 0 Å². The Morgan fingerprint density at radius 1 is 0.939 bits per heavy atom. The van der Waals surface area contributed by atoms with Crippen LogP contribution < -0.4 is 5.32 Å². The summed E-state index contributed by atoms with van der Waals surface area (Å²) in [4.78, 5) is 12.8. The first-order chi connectivity index (χ1) is 15.8. The second-order valence-electron chi connectivity index (χ2n) is 8.05. The fraction of sp³-hybridized carbons (Fsp3) is 0.192. The number of hydrogen-bond donors (Lipinski definition) is 1. The van der Waals surface area contributed by atoms with Gasteiger partial charge < -0.3 is 5.32 Å². The Morgan fingerprint density at radius 2 is 1.64 bits per heavy atom. The minimum absolute atomic E-state index is 0.0856. The fourth-order valence-electron chi connectivity index (χ4n) is 3.77. The topological polar surface area (TPSA) is 59.8 Å². The van der Waals surface area contributed by atoms with Crippen LogP contribution in [0.4, 0.5) is 5.69 Å². The van der Waals surface area contributed by atoms with Crippen LogP contribution in [0.2, 0.25) is 5.02 Å². The van der Waals surface area contributed by atoms with Crippen LogP contribution in [0, 0.1) is 27.7 Å². The number of anilines is 1. The maximum absolute atomic E-state index is 12.8.